The van der Waals surface area contributed by atoms with Crippen molar-refractivity contribution in [3.05, 3.63) is 71.7 Å². The van der Waals surface area contributed by atoms with Crippen molar-refractivity contribution < 1.29 is 28.0 Å². The van der Waals surface area contributed by atoms with E-state index in [0.717, 1.165) is 12.0 Å². The Kier molecular flexibility index (Phi) is 7.96. The number of esters is 1. The first-order valence-corrected chi connectivity index (χ1v) is 10.2. The molecule has 1 heterocycles. The van der Waals surface area contributed by atoms with Crippen LogP contribution in [0.2, 0.25) is 0 Å². The first kappa shape index (κ1) is 23.0. The number of halogens is 1. The van der Waals surface area contributed by atoms with E-state index in [1.54, 1.807) is 43.3 Å². The molecular formula is C24H25FN2O5. The maximum absolute atomic E-state index is 13.2. The van der Waals surface area contributed by atoms with Crippen molar-refractivity contribution in [3.8, 4) is 17.0 Å². The van der Waals surface area contributed by atoms with Crippen LogP contribution in [0.5, 0.6) is 5.75 Å². The number of hydrogen-bond donors (Lipinski definition) is 0. The molecule has 2 aromatic carbocycles. The smallest absolute Gasteiger partial charge is 0.312 e. The van der Waals surface area contributed by atoms with Crippen molar-refractivity contribution in [2.24, 2.45) is 5.16 Å². The molecule has 1 aromatic heterocycles. The maximum atomic E-state index is 13.2. The second-order valence-corrected chi connectivity index (χ2v) is 7.06. The molecule has 32 heavy (non-hydrogen) atoms. The molecule has 7 nitrogen and oxygen atoms in total. The number of hydrogen-bond acceptors (Lipinski definition) is 7. The molecule has 0 N–H and O–H groups in total. The molecular weight excluding hydrogens is 415 g/mol. The second kappa shape index (κ2) is 11.1. The van der Waals surface area contributed by atoms with Crippen LogP contribution in [0.4, 0.5) is 4.39 Å². The highest BCUT2D eigenvalue weighted by molar-refractivity contribution is 5.99. The molecule has 1 unspecified atom stereocenters. The number of rotatable bonds is 10. The number of methoxy groups -OCH3 is 1. The molecule has 0 aliphatic rings. The third kappa shape index (κ3) is 5.94. The second-order valence-electron chi connectivity index (χ2n) is 7.06. The lowest BCUT2D eigenvalue weighted by Gasteiger charge is -2.12. The van der Waals surface area contributed by atoms with Crippen LogP contribution in [0, 0.1) is 5.82 Å². The van der Waals surface area contributed by atoms with Gasteiger partial charge in [0.05, 0.1) is 13.0 Å². The largest absolute Gasteiger partial charge is 0.487 e. The number of oxime groups is 1. The van der Waals surface area contributed by atoms with Gasteiger partial charge >= 0.3 is 5.97 Å². The summed E-state index contributed by atoms with van der Waals surface area (Å²) in [5, 5.41) is 8.19. The van der Waals surface area contributed by atoms with E-state index in [1.165, 1.54) is 19.2 Å². The predicted octanol–water partition coefficient (Wildman–Crippen LogP) is 4.97. The van der Waals surface area contributed by atoms with Crippen molar-refractivity contribution in [2.45, 2.75) is 26.2 Å². The van der Waals surface area contributed by atoms with Gasteiger partial charge < -0.3 is 18.8 Å². The van der Waals surface area contributed by atoms with Crippen molar-refractivity contribution in [2.75, 3.05) is 20.3 Å². The minimum Gasteiger partial charge on any atom is -0.487 e. The van der Waals surface area contributed by atoms with Gasteiger partial charge in [0, 0.05) is 11.6 Å². The van der Waals surface area contributed by atoms with Gasteiger partial charge in [0.1, 0.15) is 30.5 Å². The highest BCUT2D eigenvalue weighted by Crippen LogP contribution is 2.23. The molecule has 168 valence electrons. The summed E-state index contributed by atoms with van der Waals surface area (Å²) in [5.41, 5.74) is 2.43. The standard InChI is InChI=1S/C24H25FN2O5/c1-4-12-31-26-22(23-14-21(27-32-23)17-8-10-19(25)11-9-17)15-30-20-7-5-6-18(13-20)16(2)24(28)29-3/h5-11,13-14,16H,4,12,15H2,1-3H3/b26-22+. The van der Waals surface area contributed by atoms with Gasteiger partial charge in [0.25, 0.3) is 0 Å². The van der Waals surface area contributed by atoms with E-state index < -0.39 is 5.92 Å². The van der Waals surface area contributed by atoms with E-state index in [2.05, 4.69) is 10.3 Å². The predicted molar refractivity (Wildman–Crippen MR) is 117 cm³/mol. The number of aromatic nitrogens is 1. The summed E-state index contributed by atoms with van der Waals surface area (Å²) in [6.07, 6.45) is 0.794. The number of ether oxygens (including phenoxy) is 2. The third-order valence-corrected chi connectivity index (χ3v) is 4.69. The fraction of sp³-hybridized carbons (Fsp3) is 0.292. The van der Waals surface area contributed by atoms with Crippen molar-refractivity contribution >= 4 is 11.7 Å². The molecule has 3 rings (SSSR count). The highest BCUT2D eigenvalue weighted by Gasteiger charge is 2.18. The molecule has 0 saturated carbocycles. The molecule has 0 amide bonds. The highest BCUT2D eigenvalue weighted by atomic mass is 19.1. The van der Waals surface area contributed by atoms with E-state index in [1.807, 2.05) is 13.0 Å². The average Bonchev–Trinajstić information content (AvgIpc) is 3.31. The topological polar surface area (TPSA) is 83.2 Å². The number of benzene rings is 2. The first-order chi connectivity index (χ1) is 15.5. The van der Waals surface area contributed by atoms with Crippen LogP contribution in [0.3, 0.4) is 0 Å². The summed E-state index contributed by atoms with van der Waals surface area (Å²) in [4.78, 5) is 17.2. The maximum Gasteiger partial charge on any atom is 0.312 e. The number of nitrogens with zero attached hydrogens (tertiary/aromatic N) is 2. The summed E-state index contributed by atoms with van der Waals surface area (Å²) in [6.45, 7) is 4.23. The monoisotopic (exact) mass is 440 g/mol. The van der Waals surface area contributed by atoms with E-state index in [-0.39, 0.29) is 18.4 Å². The van der Waals surface area contributed by atoms with Gasteiger partial charge in [-0.15, -0.1) is 0 Å². The molecule has 0 bridgehead atoms. The average molecular weight is 440 g/mol. The minimum absolute atomic E-state index is 0.0534. The zero-order valence-electron chi connectivity index (χ0n) is 18.2. The van der Waals surface area contributed by atoms with Crippen LogP contribution in [-0.4, -0.2) is 37.2 Å². The fourth-order valence-electron chi connectivity index (χ4n) is 2.86. The Labute approximate surface area is 185 Å². The zero-order valence-corrected chi connectivity index (χ0v) is 18.2. The van der Waals surface area contributed by atoms with Crippen LogP contribution >= 0.6 is 0 Å². The molecule has 0 radical (unpaired) electrons. The van der Waals surface area contributed by atoms with E-state index in [0.29, 0.717) is 35.1 Å². The Morgan fingerprint density at radius 2 is 1.97 bits per heavy atom. The molecule has 0 spiro atoms. The van der Waals surface area contributed by atoms with Crippen LogP contribution in [0.15, 0.2) is 64.3 Å². The molecule has 0 aliphatic heterocycles. The fourth-order valence-corrected chi connectivity index (χ4v) is 2.86. The van der Waals surface area contributed by atoms with E-state index in [9.17, 15) is 9.18 Å². The number of carbonyl (C=O) groups is 1. The molecule has 0 saturated heterocycles. The summed E-state index contributed by atoms with van der Waals surface area (Å²) in [6, 6.07) is 14.8. The van der Waals surface area contributed by atoms with E-state index in [4.69, 9.17) is 18.8 Å². The molecule has 1 atom stereocenters. The van der Waals surface area contributed by atoms with Gasteiger partial charge in [-0.3, -0.25) is 4.79 Å². The van der Waals surface area contributed by atoms with Gasteiger partial charge in [-0.25, -0.2) is 4.39 Å². The summed E-state index contributed by atoms with van der Waals surface area (Å²) in [5.74, 6) is -0.145. The van der Waals surface area contributed by atoms with Gasteiger partial charge in [-0.05, 0) is 55.3 Å². The molecule has 3 aromatic rings. The lowest BCUT2D eigenvalue weighted by atomic mass is 10.0. The Balaban J connectivity index is 1.77. The van der Waals surface area contributed by atoms with Crippen molar-refractivity contribution in [3.63, 3.8) is 0 Å². The van der Waals surface area contributed by atoms with E-state index >= 15 is 0 Å². The molecule has 8 heteroatoms. The van der Waals surface area contributed by atoms with Crippen LogP contribution in [-0.2, 0) is 14.4 Å². The molecule has 0 aliphatic carbocycles. The minimum atomic E-state index is -0.419. The normalized spacial score (nSPS) is 12.3. The van der Waals surface area contributed by atoms with Crippen LogP contribution in [0.25, 0.3) is 11.3 Å². The Hall–Kier alpha value is -3.68. The van der Waals surface area contributed by atoms with Crippen molar-refractivity contribution in [1.82, 2.24) is 5.16 Å². The summed E-state index contributed by atoms with van der Waals surface area (Å²) in [7, 11) is 1.36. The summed E-state index contributed by atoms with van der Waals surface area (Å²) >= 11 is 0. The van der Waals surface area contributed by atoms with Crippen LogP contribution in [0.1, 0.15) is 37.5 Å². The van der Waals surface area contributed by atoms with Gasteiger partial charge in [0.15, 0.2) is 11.5 Å². The lowest BCUT2D eigenvalue weighted by Crippen LogP contribution is -2.14. The van der Waals surface area contributed by atoms with Gasteiger partial charge in [-0.1, -0.05) is 29.4 Å². The van der Waals surface area contributed by atoms with Crippen LogP contribution < -0.4 is 4.74 Å². The Bertz CT molecular complexity index is 1060. The van der Waals surface area contributed by atoms with Crippen molar-refractivity contribution in [1.29, 1.82) is 0 Å². The van der Waals surface area contributed by atoms with Gasteiger partial charge in [-0.2, -0.15) is 0 Å². The third-order valence-electron chi connectivity index (χ3n) is 4.69. The number of carbonyl (C=O) groups excluding carboxylic acids is 1. The first-order valence-electron chi connectivity index (χ1n) is 10.2. The van der Waals surface area contributed by atoms with Gasteiger partial charge in [0.2, 0.25) is 0 Å². The zero-order chi connectivity index (χ0) is 22.9. The Morgan fingerprint density at radius 3 is 2.69 bits per heavy atom. The Morgan fingerprint density at radius 1 is 1.19 bits per heavy atom. The molecule has 0 fully saturated rings. The quantitative estimate of drug-likeness (QED) is 0.192. The SMILES string of the molecule is CCCO/N=C(\COc1cccc(C(C)C(=O)OC)c1)c1cc(-c2ccc(F)cc2)no1. The lowest BCUT2D eigenvalue weighted by molar-refractivity contribution is -0.141. The summed E-state index contributed by atoms with van der Waals surface area (Å²) < 4.78 is 29.3.